The monoisotopic (exact) mass is 257 g/mol. The highest BCUT2D eigenvalue weighted by Gasteiger charge is 2.37. The number of nitrogens with zero attached hydrogens (tertiary/aromatic N) is 2. The van der Waals surface area contributed by atoms with Gasteiger partial charge in [0.15, 0.2) is 0 Å². The van der Waals surface area contributed by atoms with Crippen LogP contribution in [-0.4, -0.2) is 65.2 Å². The summed E-state index contributed by atoms with van der Waals surface area (Å²) in [7, 11) is 2.00. The van der Waals surface area contributed by atoms with E-state index >= 15 is 0 Å². The van der Waals surface area contributed by atoms with E-state index < -0.39 is 11.5 Å². The number of carbonyl (C=O) groups excluding carboxylic acids is 1. The summed E-state index contributed by atoms with van der Waals surface area (Å²) in [4.78, 5) is 26.8. The van der Waals surface area contributed by atoms with Crippen molar-refractivity contribution in [1.29, 1.82) is 0 Å². The molecule has 2 N–H and O–H groups in total. The van der Waals surface area contributed by atoms with E-state index in [-0.39, 0.29) is 12.1 Å². The highest BCUT2D eigenvalue weighted by molar-refractivity contribution is 5.85. The number of urea groups is 1. The van der Waals surface area contributed by atoms with E-state index in [1.54, 1.807) is 20.8 Å². The van der Waals surface area contributed by atoms with Gasteiger partial charge in [-0.2, -0.15) is 0 Å². The maximum atomic E-state index is 12.1. The molecule has 1 atom stereocenters. The minimum absolute atomic E-state index is 0.112. The van der Waals surface area contributed by atoms with Crippen molar-refractivity contribution < 1.29 is 14.7 Å². The molecule has 1 rings (SSSR count). The van der Waals surface area contributed by atoms with Gasteiger partial charge in [-0.3, -0.25) is 0 Å². The highest BCUT2D eigenvalue weighted by atomic mass is 16.4. The number of hydrogen-bond acceptors (Lipinski definition) is 3. The summed E-state index contributed by atoms with van der Waals surface area (Å²) >= 11 is 0. The van der Waals surface area contributed by atoms with Crippen LogP contribution in [0, 0.1) is 0 Å². The molecule has 0 aliphatic carbocycles. The number of amides is 2. The van der Waals surface area contributed by atoms with Gasteiger partial charge in [-0.05, 0) is 40.8 Å². The van der Waals surface area contributed by atoms with E-state index in [2.05, 4.69) is 10.2 Å². The zero-order valence-corrected chi connectivity index (χ0v) is 11.6. The van der Waals surface area contributed by atoms with E-state index in [0.717, 1.165) is 19.5 Å². The van der Waals surface area contributed by atoms with Crippen LogP contribution < -0.4 is 5.32 Å². The Kier molecular flexibility index (Phi) is 4.56. The molecule has 1 fully saturated rings. The molecule has 1 aliphatic heterocycles. The minimum Gasteiger partial charge on any atom is -0.480 e. The van der Waals surface area contributed by atoms with E-state index in [9.17, 15) is 9.59 Å². The first-order chi connectivity index (χ1) is 8.28. The average molecular weight is 257 g/mol. The lowest BCUT2D eigenvalue weighted by Crippen LogP contribution is -2.57. The standard InChI is InChI=1S/C12H23N3O3/c1-5-15(12(2,3)10(16)17)11(18)13-9-6-7-14(4)8-9/h9H,5-8H2,1-4H3,(H,13,18)(H,16,17). The summed E-state index contributed by atoms with van der Waals surface area (Å²) in [5.74, 6) is -0.997. The van der Waals surface area contributed by atoms with Crippen LogP contribution in [0.25, 0.3) is 0 Å². The quantitative estimate of drug-likeness (QED) is 0.773. The van der Waals surface area contributed by atoms with Gasteiger partial charge < -0.3 is 20.2 Å². The summed E-state index contributed by atoms with van der Waals surface area (Å²) in [6.45, 7) is 7.01. The summed E-state index contributed by atoms with van der Waals surface area (Å²) in [5.41, 5.74) is -1.19. The number of rotatable bonds is 4. The van der Waals surface area contributed by atoms with Crippen LogP contribution in [0.5, 0.6) is 0 Å². The number of carboxylic acid groups (broad SMARTS) is 1. The molecular weight excluding hydrogens is 234 g/mol. The minimum atomic E-state index is -1.19. The Morgan fingerprint density at radius 1 is 1.50 bits per heavy atom. The Morgan fingerprint density at radius 2 is 2.11 bits per heavy atom. The highest BCUT2D eigenvalue weighted by Crippen LogP contribution is 2.15. The molecule has 0 radical (unpaired) electrons. The Morgan fingerprint density at radius 3 is 2.50 bits per heavy atom. The molecular formula is C12H23N3O3. The lowest BCUT2D eigenvalue weighted by atomic mass is 10.0. The molecule has 6 nitrogen and oxygen atoms in total. The third-order valence-corrected chi connectivity index (χ3v) is 3.48. The Bertz CT molecular complexity index is 331. The van der Waals surface area contributed by atoms with Crippen LogP contribution in [0.4, 0.5) is 4.79 Å². The van der Waals surface area contributed by atoms with E-state index in [4.69, 9.17) is 5.11 Å². The molecule has 0 aromatic rings. The first-order valence-electron chi connectivity index (χ1n) is 6.29. The van der Waals surface area contributed by atoms with Gasteiger partial charge in [-0.1, -0.05) is 0 Å². The van der Waals surface area contributed by atoms with Gasteiger partial charge in [0.25, 0.3) is 0 Å². The van der Waals surface area contributed by atoms with Crippen LogP contribution in [0.3, 0.4) is 0 Å². The molecule has 104 valence electrons. The predicted octanol–water partition coefficient (Wildman–Crippen LogP) is 0.585. The van der Waals surface area contributed by atoms with Gasteiger partial charge in [0, 0.05) is 19.1 Å². The van der Waals surface area contributed by atoms with Crippen molar-refractivity contribution in [2.24, 2.45) is 0 Å². The number of likely N-dealkylation sites (tertiary alicyclic amines) is 1. The lowest BCUT2D eigenvalue weighted by molar-refractivity contribution is -0.147. The topological polar surface area (TPSA) is 72.9 Å². The van der Waals surface area contributed by atoms with E-state index in [0.29, 0.717) is 6.54 Å². The third kappa shape index (κ3) is 3.13. The Labute approximate surface area is 108 Å². The second-order valence-electron chi connectivity index (χ2n) is 5.31. The van der Waals surface area contributed by atoms with Crippen molar-refractivity contribution in [1.82, 2.24) is 15.1 Å². The van der Waals surface area contributed by atoms with Gasteiger partial charge in [-0.15, -0.1) is 0 Å². The maximum Gasteiger partial charge on any atom is 0.329 e. The number of carboxylic acids is 1. The van der Waals surface area contributed by atoms with Crippen LogP contribution in [0.2, 0.25) is 0 Å². The number of hydrogen-bond donors (Lipinski definition) is 2. The maximum absolute atomic E-state index is 12.1. The average Bonchev–Trinajstić information content (AvgIpc) is 2.64. The fourth-order valence-corrected chi connectivity index (χ4v) is 2.21. The number of likely N-dealkylation sites (N-methyl/N-ethyl adjacent to an activating group) is 2. The lowest BCUT2D eigenvalue weighted by Gasteiger charge is -2.35. The van der Waals surface area contributed by atoms with Gasteiger partial charge >= 0.3 is 12.0 Å². The molecule has 2 amide bonds. The van der Waals surface area contributed by atoms with Gasteiger partial charge in [0.1, 0.15) is 5.54 Å². The Hall–Kier alpha value is -1.30. The molecule has 0 spiro atoms. The van der Waals surface area contributed by atoms with Crippen molar-refractivity contribution in [3.05, 3.63) is 0 Å². The summed E-state index contributed by atoms with van der Waals surface area (Å²) < 4.78 is 0. The van der Waals surface area contributed by atoms with Crippen molar-refractivity contribution in [3.8, 4) is 0 Å². The van der Waals surface area contributed by atoms with Gasteiger partial charge in [0.2, 0.25) is 0 Å². The van der Waals surface area contributed by atoms with Crippen LogP contribution in [0.15, 0.2) is 0 Å². The molecule has 1 saturated heterocycles. The fraction of sp³-hybridized carbons (Fsp3) is 0.833. The summed E-state index contributed by atoms with van der Waals surface area (Å²) in [6.07, 6.45) is 0.910. The molecule has 18 heavy (non-hydrogen) atoms. The van der Waals surface area contributed by atoms with E-state index in [1.165, 1.54) is 4.90 Å². The zero-order chi connectivity index (χ0) is 13.9. The van der Waals surface area contributed by atoms with Crippen LogP contribution in [0.1, 0.15) is 27.2 Å². The van der Waals surface area contributed by atoms with Crippen molar-refractivity contribution in [2.75, 3.05) is 26.7 Å². The molecule has 6 heteroatoms. The van der Waals surface area contributed by atoms with Crippen molar-refractivity contribution >= 4 is 12.0 Å². The first kappa shape index (κ1) is 14.8. The summed E-state index contributed by atoms with van der Waals surface area (Å²) in [5, 5.41) is 12.1. The van der Waals surface area contributed by atoms with Crippen LogP contribution in [-0.2, 0) is 4.79 Å². The SMILES string of the molecule is CCN(C(=O)NC1CCN(C)C1)C(C)(C)C(=O)O. The Balaban J connectivity index is 2.65. The molecule has 1 aliphatic rings. The third-order valence-electron chi connectivity index (χ3n) is 3.48. The zero-order valence-electron chi connectivity index (χ0n) is 11.6. The number of carbonyl (C=O) groups is 2. The fourth-order valence-electron chi connectivity index (χ4n) is 2.21. The summed E-state index contributed by atoms with van der Waals surface area (Å²) in [6, 6.07) is -0.189. The van der Waals surface area contributed by atoms with Crippen molar-refractivity contribution in [2.45, 2.75) is 38.8 Å². The second kappa shape index (κ2) is 5.56. The molecule has 0 aromatic heterocycles. The number of aliphatic carboxylic acids is 1. The van der Waals surface area contributed by atoms with Crippen molar-refractivity contribution in [3.63, 3.8) is 0 Å². The largest absolute Gasteiger partial charge is 0.480 e. The van der Waals surface area contributed by atoms with Gasteiger partial charge in [-0.25, -0.2) is 9.59 Å². The molecule has 0 aromatic carbocycles. The second-order valence-corrected chi connectivity index (χ2v) is 5.31. The molecule has 0 saturated carbocycles. The molecule has 1 unspecified atom stereocenters. The van der Waals surface area contributed by atoms with Crippen LogP contribution >= 0.6 is 0 Å². The smallest absolute Gasteiger partial charge is 0.329 e. The molecule has 1 heterocycles. The predicted molar refractivity (Wildman–Crippen MR) is 68.5 cm³/mol. The van der Waals surface area contributed by atoms with Gasteiger partial charge in [0.05, 0.1) is 0 Å². The molecule has 0 bridgehead atoms. The normalized spacial score (nSPS) is 20.8. The van der Waals surface area contributed by atoms with E-state index in [1.807, 2.05) is 7.05 Å². The first-order valence-corrected chi connectivity index (χ1v) is 6.29. The number of nitrogens with one attached hydrogen (secondary N) is 1.